The highest BCUT2D eigenvalue weighted by atomic mass is 16.5. The zero-order valence-electron chi connectivity index (χ0n) is 15.8. The lowest BCUT2D eigenvalue weighted by Crippen LogP contribution is -2.08. The van der Waals surface area contributed by atoms with Crippen molar-refractivity contribution in [2.45, 2.75) is 52.9 Å². The van der Waals surface area contributed by atoms with Crippen LogP contribution < -0.4 is 4.74 Å². The Hall–Kier alpha value is -2.09. The maximum atomic E-state index is 10.7. The summed E-state index contributed by atoms with van der Waals surface area (Å²) < 4.78 is 5.80. The first-order valence-electron chi connectivity index (χ1n) is 9.36. The highest BCUT2D eigenvalue weighted by molar-refractivity contribution is 5.74. The number of carbonyl (C=O) groups is 1. The standard InChI is InChI=1S/C23H30O2/c1-4-6-20(16-22-9-8-18(2)19(3)15-22)7-5-14-25-23-12-10-21(17-24)11-13-23/h8-13,15,17,20H,4-7,14,16H2,1-3H3/t20-/m1/s1. The van der Waals surface area contributed by atoms with Crippen molar-refractivity contribution in [3.05, 3.63) is 64.7 Å². The molecule has 0 fully saturated rings. The van der Waals surface area contributed by atoms with Crippen molar-refractivity contribution in [1.82, 2.24) is 0 Å². The highest BCUT2D eigenvalue weighted by Crippen LogP contribution is 2.21. The second-order valence-electron chi connectivity index (χ2n) is 6.96. The minimum atomic E-state index is 0.684. The van der Waals surface area contributed by atoms with E-state index in [0.29, 0.717) is 11.5 Å². The number of benzene rings is 2. The number of carbonyl (C=O) groups excluding carboxylic acids is 1. The van der Waals surface area contributed by atoms with E-state index in [1.165, 1.54) is 36.0 Å². The van der Waals surface area contributed by atoms with Crippen LogP contribution in [0.3, 0.4) is 0 Å². The average molecular weight is 338 g/mol. The molecular formula is C23H30O2. The molecule has 0 N–H and O–H groups in total. The van der Waals surface area contributed by atoms with Gasteiger partial charge in [-0.05, 0) is 80.0 Å². The van der Waals surface area contributed by atoms with Gasteiger partial charge in [0.05, 0.1) is 6.61 Å². The maximum Gasteiger partial charge on any atom is 0.150 e. The molecule has 0 radical (unpaired) electrons. The van der Waals surface area contributed by atoms with Crippen LogP contribution in [0.1, 0.15) is 59.7 Å². The lowest BCUT2D eigenvalue weighted by molar-refractivity contribution is 0.112. The van der Waals surface area contributed by atoms with Crippen LogP contribution in [0.5, 0.6) is 5.75 Å². The summed E-state index contributed by atoms with van der Waals surface area (Å²) in [6.45, 7) is 7.35. The van der Waals surface area contributed by atoms with Crippen LogP contribution >= 0.6 is 0 Å². The van der Waals surface area contributed by atoms with E-state index in [2.05, 4.69) is 39.0 Å². The van der Waals surface area contributed by atoms with E-state index in [1.807, 2.05) is 12.1 Å². The molecular weight excluding hydrogens is 308 g/mol. The van der Waals surface area contributed by atoms with Gasteiger partial charge in [-0.15, -0.1) is 0 Å². The molecule has 0 aliphatic rings. The summed E-state index contributed by atoms with van der Waals surface area (Å²) in [5.41, 5.74) is 4.88. The molecule has 0 saturated carbocycles. The predicted octanol–water partition coefficient (Wildman–Crippen LogP) is 5.93. The third-order valence-electron chi connectivity index (χ3n) is 4.83. The first-order chi connectivity index (χ1) is 12.1. The van der Waals surface area contributed by atoms with Crippen LogP contribution in [0.4, 0.5) is 0 Å². The number of aldehydes is 1. The minimum Gasteiger partial charge on any atom is -0.494 e. The van der Waals surface area contributed by atoms with Crippen LogP contribution in [-0.4, -0.2) is 12.9 Å². The second kappa shape index (κ2) is 10.0. The van der Waals surface area contributed by atoms with E-state index in [0.717, 1.165) is 31.5 Å². The van der Waals surface area contributed by atoms with Gasteiger partial charge in [0.2, 0.25) is 0 Å². The number of ether oxygens (including phenoxy) is 1. The Morgan fingerprint density at radius 1 is 1.00 bits per heavy atom. The van der Waals surface area contributed by atoms with Crippen LogP contribution in [0.2, 0.25) is 0 Å². The summed E-state index contributed by atoms with van der Waals surface area (Å²) in [6, 6.07) is 14.2. The Labute approximate surface area is 152 Å². The summed E-state index contributed by atoms with van der Waals surface area (Å²) >= 11 is 0. The van der Waals surface area contributed by atoms with Crippen LogP contribution in [0, 0.1) is 19.8 Å². The van der Waals surface area contributed by atoms with Crippen molar-refractivity contribution in [3.63, 3.8) is 0 Å². The molecule has 0 heterocycles. The summed E-state index contributed by atoms with van der Waals surface area (Å²) in [5.74, 6) is 1.56. The Morgan fingerprint density at radius 3 is 2.40 bits per heavy atom. The number of rotatable bonds is 10. The normalized spacial score (nSPS) is 12.0. The molecule has 0 amide bonds. The molecule has 2 aromatic rings. The molecule has 134 valence electrons. The van der Waals surface area contributed by atoms with Gasteiger partial charge in [0, 0.05) is 5.56 Å². The van der Waals surface area contributed by atoms with E-state index in [-0.39, 0.29) is 0 Å². The van der Waals surface area contributed by atoms with Crippen molar-refractivity contribution in [2.24, 2.45) is 5.92 Å². The molecule has 0 aliphatic heterocycles. The largest absolute Gasteiger partial charge is 0.494 e. The van der Waals surface area contributed by atoms with Gasteiger partial charge in [-0.1, -0.05) is 38.0 Å². The molecule has 0 unspecified atom stereocenters. The maximum absolute atomic E-state index is 10.7. The fraction of sp³-hybridized carbons (Fsp3) is 0.435. The molecule has 2 aromatic carbocycles. The molecule has 2 heteroatoms. The monoisotopic (exact) mass is 338 g/mol. The first-order valence-corrected chi connectivity index (χ1v) is 9.36. The van der Waals surface area contributed by atoms with Gasteiger partial charge in [-0.25, -0.2) is 0 Å². The highest BCUT2D eigenvalue weighted by Gasteiger charge is 2.10. The Morgan fingerprint density at radius 2 is 1.76 bits per heavy atom. The van der Waals surface area contributed by atoms with Crippen LogP contribution in [0.25, 0.3) is 0 Å². The summed E-state index contributed by atoms with van der Waals surface area (Å²) in [7, 11) is 0. The lowest BCUT2D eigenvalue weighted by atomic mass is 9.90. The van der Waals surface area contributed by atoms with Gasteiger partial charge in [-0.2, -0.15) is 0 Å². The van der Waals surface area contributed by atoms with Crippen LogP contribution in [-0.2, 0) is 6.42 Å². The average Bonchev–Trinajstić information content (AvgIpc) is 2.62. The van der Waals surface area contributed by atoms with Gasteiger partial charge < -0.3 is 4.74 Å². The fourth-order valence-corrected chi connectivity index (χ4v) is 3.23. The van der Waals surface area contributed by atoms with Crippen molar-refractivity contribution >= 4 is 6.29 Å². The van der Waals surface area contributed by atoms with Crippen molar-refractivity contribution in [1.29, 1.82) is 0 Å². The van der Waals surface area contributed by atoms with E-state index in [4.69, 9.17) is 4.74 Å². The van der Waals surface area contributed by atoms with E-state index in [9.17, 15) is 4.79 Å². The molecule has 2 nitrogen and oxygen atoms in total. The van der Waals surface area contributed by atoms with Gasteiger partial charge >= 0.3 is 0 Å². The van der Waals surface area contributed by atoms with Gasteiger partial charge in [0.25, 0.3) is 0 Å². The third kappa shape index (κ3) is 6.38. The van der Waals surface area contributed by atoms with Gasteiger partial charge in [0.15, 0.2) is 0 Å². The third-order valence-corrected chi connectivity index (χ3v) is 4.83. The molecule has 25 heavy (non-hydrogen) atoms. The van der Waals surface area contributed by atoms with E-state index < -0.39 is 0 Å². The summed E-state index contributed by atoms with van der Waals surface area (Å²) in [5, 5.41) is 0. The Bertz CT molecular complexity index is 658. The molecule has 0 bridgehead atoms. The minimum absolute atomic E-state index is 0.684. The SMILES string of the molecule is CCC[C@H](CCCOc1ccc(C=O)cc1)Cc1ccc(C)c(C)c1. The van der Waals surface area contributed by atoms with E-state index in [1.54, 1.807) is 12.1 Å². The van der Waals surface area contributed by atoms with E-state index >= 15 is 0 Å². The molecule has 0 spiro atoms. The smallest absolute Gasteiger partial charge is 0.150 e. The predicted molar refractivity (Wildman–Crippen MR) is 105 cm³/mol. The number of hydrogen-bond donors (Lipinski definition) is 0. The summed E-state index contributed by atoms with van der Waals surface area (Å²) in [6.07, 6.45) is 6.75. The van der Waals surface area contributed by atoms with Crippen molar-refractivity contribution < 1.29 is 9.53 Å². The molecule has 0 saturated heterocycles. The molecule has 0 aromatic heterocycles. The fourth-order valence-electron chi connectivity index (χ4n) is 3.23. The quantitative estimate of drug-likeness (QED) is 0.396. The van der Waals surface area contributed by atoms with Crippen molar-refractivity contribution in [2.75, 3.05) is 6.61 Å². The van der Waals surface area contributed by atoms with Gasteiger partial charge in [0.1, 0.15) is 12.0 Å². The summed E-state index contributed by atoms with van der Waals surface area (Å²) in [4.78, 5) is 10.7. The molecule has 0 aliphatic carbocycles. The lowest BCUT2D eigenvalue weighted by Gasteiger charge is -2.17. The second-order valence-corrected chi connectivity index (χ2v) is 6.96. The Balaban J connectivity index is 1.80. The van der Waals surface area contributed by atoms with Gasteiger partial charge in [-0.3, -0.25) is 4.79 Å². The van der Waals surface area contributed by atoms with Crippen LogP contribution in [0.15, 0.2) is 42.5 Å². The zero-order valence-corrected chi connectivity index (χ0v) is 15.8. The molecule has 1 atom stereocenters. The number of hydrogen-bond acceptors (Lipinski definition) is 2. The zero-order chi connectivity index (χ0) is 18.1. The van der Waals surface area contributed by atoms with Crippen molar-refractivity contribution in [3.8, 4) is 5.75 Å². The number of aryl methyl sites for hydroxylation is 2. The Kier molecular flexibility index (Phi) is 7.72. The molecule has 2 rings (SSSR count). The first kappa shape index (κ1) is 19.2. The topological polar surface area (TPSA) is 26.3 Å².